The second-order valence-corrected chi connectivity index (χ2v) is 3.52. The van der Waals surface area contributed by atoms with Crippen LogP contribution in [-0.2, 0) is 16.1 Å². The molecule has 0 spiro atoms. The van der Waals surface area contributed by atoms with Crippen LogP contribution in [0.15, 0.2) is 18.2 Å². The number of hydrogen-bond donors (Lipinski definition) is 1. The molecule has 0 amide bonds. The molecule has 16 heavy (non-hydrogen) atoms. The van der Waals surface area contributed by atoms with Gasteiger partial charge in [-0.3, -0.25) is 4.79 Å². The lowest BCUT2D eigenvalue weighted by Crippen LogP contribution is -2.24. The Morgan fingerprint density at radius 3 is 2.94 bits per heavy atom. The molecular weight excluding hydrogens is 233 g/mol. The monoisotopic (exact) mass is 245 g/mol. The maximum atomic E-state index is 13.3. The van der Waals surface area contributed by atoms with Crippen molar-refractivity contribution in [1.29, 1.82) is 0 Å². The fraction of sp³-hybridized carbons (Fsp3) is 0.364. The van der Waals surface area contributed by atoms with Gasteiger partial charge in [0.25, 0.3) is 0 Å². The van der Waals surface area contributed by atoms with E-state index in [1.165, 1.54) is 12.1 Å². The zero-order valence-corrected chi connectivity index (χ0v) is 9.68. The van der Waals surface area contributed by atoms with Gasteiger partial charge in [0.2, 0.25) is 0 Å². The lowest BCUT2D eigenvalue weighted by Gasteiger charge is -2.07. The zero-order chi connectivity index (χ0) is 12.0. The van der Waals surface area contributed by atoms with Gasteiger partial charge in [-0.2, -0.15) is 0 Å². The first kappa shape index (κ1) is 12.9. The van der Waals surface area contributed by atoms with E-state index in [4.69, 9.17) is 16.3 Å². The lowest BCUT2D eigenvalue weighted by molar-refractivity contribution is -0.142. The van der Waals surface area contributed by atoms with Crippen LogP contribution in [0, 0.1) is 5.82 Å². The highest BCUT2D eigenvalue weighted by atomic mass is 35.5. The fourth-order valence-electron chi connectivity index (χ4n) is 1.20. The van der Waals surface area contributed by atoms with Gasteiger partial charge in [0, 0.05) is 17.1 Å². The average Bonchev–Trinajstić information content (AvgIpc) is 2.23. The molecule has 0 saturated carbocycles. The van der Waals surface area contributed by atoms with Crippen LogP contribution in [0.4, 0.5) is 4.39 Å². The third-order valence-corrected chi connectivity index (χ3v) is 2.29. The second-order valence-electron chi connectivity index (χ2n) is 3.11. The van der Waals surface area contributed by atoms with Gasteiger partial charge >= 0.3 is 5.97 Å². The summed E-state index contributed by atoms with van der Waals surface area (Å²) in [6.45, 7) is 2.30. The van der Waals surface area contributed by atoms with Crippen LogP contribution in [0.1, 0.15) is 12.5 Å². The first-order chi connectivity index (χ1) is 7.65. The highest BCUT2D eigenvalue weighted by molar-refractivity contribution is 6.31. The summed E-state index contributed by atoms with van der Waals surface area (Å²) in [6.07, 6.45) is 0. The van der Waals surface area contributed by atoms with E-state index < -0.39 is 0 Å². The Labute approximate surface area is 98.5 Å². The standard InChI is InChI=1S/C11H13ClFNO2/c1-2-16-11(15)7-14-6-8-9(12)4-3-5-10(8)13/h3-5,14H,2,6-7H2,1H3. The predicted octanol–water partition coefficient (Wildman–Crippen LogP) is 2.13. The summed E-state index contributed by atoms with van der Waals surface area (Å²) in [7, 11) is 0. The molecular formula is C11H13ClFNO2. The van der Waals surface area contributed by atoms with Gasteiger partial charge in [0.05, 0.1) is 13.2 Å². The number of esters is 1. The Balaban J connectivity index is 2.46. The van der Waals surface area contributed by atoms with Gasteiger partial charge in [0.1, 0.15) is 5.82 Å². The third-order valence-electron chi connectivity index (χ3n) is 1.94. The maximum absolute atomic E-state index is 13.3. The SMILES string of the molecule is CCOC(=O)CNCc1c(F)cccc1Cl. The fourth-order valence-corrected chi connectivity index (χ4v) is 1.43. The summed E-state index contributed by atoms with van der Waals surface area (Å²) in [5, 5.41) is 3.11. The van der Waals surface area contributed by atoms with E-state index in [1.807, 2.05) is 0 Å². The molecule has 0 aliphatic heterocycles. The van der Waals surface area contributed by atoms with E-state index >= 15 is 0 Å². The first-order valence-corrected chi connectivity index (χ1v) is 5.32. The smallest absolute Gasteiger partial charge is 0.319 e. The quantitative estimate of drug-likeness (QED) is 0.808. The lowest BCUT2D eigenvalue weighted by atomic mass is 10.2. The molecule has 0 radical (unpaired) electrons. The normalized spacial score (nSPS) is 10.2. The average molecular weight is 246 g/mol. The van der Waals surface area contributed by atoms with Crippen LogP contribution in [0.3, 0.4) is 0 Å². The minimum atomic E-state index is -0.385. The van der Waals surface area contributed by atoms with Gasteiger partial charge in [-0.05, 0) is 19.1 Å². The number of rotatable bonds is 5. The van der Waals surface area contributed by atoms with Crippen LogP contribution >= 0.6 is 11.6 Å². The van der Waals surface area contributed by atoms with Gasteiger partial charge < -0.3 is 10.1 Å². The number of ether oxygens (including phenoxy) is 1. The molecule has 0 aromatic heterocycles. The molecule has 0 heterocycles. The Bertz CT molecular complexity index is 351. The van der Waals surface area contributed by atoms with Crippen molar-refractivity contribution in [2.24, 2.45) is 0 Å². The van der Waals surface area contributed by atoms with E-state index in [-0.39, 0.29) is 24.9 Å². The summed E-state index contributed by atoms with van der Waals surface area (Å²) in [5.41, 5.74) is 0.355. The van der Waals surface area contributed by atoms with E-state index in [1.54, 1.807) is 13.0 Å². The topological polar surface area (TPSA) is 38.3 Å². The molecule has 0 aliphatic carbocycles. The molecule has 0 unspecified atom stereocenters. The van der Waals surface area contributed by atoms with Crippen LogP contribution in [0.25, 0.3) is 0 Å². The molecule has 1 rings (SSSR count). The maximum Gasteiger partial charge on any atom is 0.319 e. The van der Waals surface area contributed by atoms with Crippen molar-refractivity contribution < 1.29 is 13.9 Å². The summed E-state index contributed by atoms with van der Waals surface area (Å²) in [4.78, 5) is 11.0. The largest absolute Gasteiger partial charge is 0.465 e. The van der Waals surface area contributed by atoms with Crippen molar-refractivity contribution in [2.75, 3.05) is 13.2 Å². The number of benzene rings is 1. The molecule has 0 atom stereocenters. The van der Waals surface area contributed by atoms with Crippen LogP contribution < -0.4 is 5.32 Å². The molecule has 88 valence electrons. The van der Waals surface area contributed by atoms with Gasteiger partial charge in [-0.1, -0.05) is 17.7 Å². The molecule has 1 aromatic rings. The molecule has 0 aliphatic rings. The minimum Gasteiger partial charge on any atom is -0.465 e. The number of nitrogens with one attached hydrogen (secondary N) is 1. The number of hydrogen-bond acceptors (Lipinski definition) is 3. The first-order valence-electron chi connectivity index (χ1n) is 4.94. The van der Waals surface area contributed by atoms with Gasteiger partial charge in [-0.15, -0.1) is 0 Å². The highest BCUT2D eigenvalue weighted by Gasteiger charge is 2.07. The Morgan fingerprint density at radius 1 is 1.56 bits per heavy atom. The van der Waals surface area contributed by atoms with Crippen molar-refractivity contribution >= 4 is 17.6 Å². The van der Waals surface area contributed by atoms with Gasteiger partial charge in [-0.25, -0.2) is 4.39 Å². The predicted molar refractivity (Wildman–Crippen MR) is 59.7 cm³/mol. The minimum absolute atomic E-state index is 0.0402. The van der Waals surface area contributed by atoms with Crippen LogP contribution in [-0.4, -0.2) is 19.1 Å². The summed E-state index contributed by atoms with van der Waals surface area (Å²) >= 11 is 5.81. The van der Waals surface area contributed by atoms with Crippen molar-refractivity contribution in [1.82, 2.24) is 5.32 Å². The van der Waals surface area contributed by atoms with E-state index in [9.17, 15) is 9.18 Å². The van der Waals surface area contributed by atoms with Crippen LogP contribution in [0.2, 0.25) is 5.02 Å². The summed E-state index contributed by atoms with van der Waals surface area (Å²) < 4.78 is 18.0. The van der Waals surface area contributed by atoms with Crippen molar-refractivity contribution in [3.63, 3.8) is 0 Å². The van der Waals surface area contributed by atoms with Crippen molar-refractivity contribution in [2.45, 2.75) is 13.5 Å². The highest BCUT2D eigenvalue weighted by Crippen LogP contribution is 2.18. The number of carbonyl (C=O) groups excluding carboxylic acids is 1. The Morgan fingerprint density at radius 2 is 2.31 bits per heavy atom. The number of halogens is 2. The second kappa shape index (κ2) is 6.45. The molecule has 0 fully saturated rings. The van der Waals surface area contributed by atoms with Gasteiger partial charge in [0.15, 0.2) is 0 Å². The Hall–Kier alpha value is -1.13. The van der Waals surface area contributed by atoms with Crippen molar-refractivity contribution in [3.05, 3.63) is 34.6 Å². The van der Waals surface area contributed by atoms with E-state index in [2.05, 4.69) is 5.32 Å². The number of carbonyl (C=O) groups is 1. The molecule has 0 saturated heterocycles. The summed E-state index contributed by atoms with van der Waals surface area (Å²) in [5.74, 6) is -0.751. The molecule has 0 bridgehead atoms. The molecule has 3 nitrogen and oxygen atoms in total. The zero-order valence-electron chi connectivity index (χ0n) is 8.93. The third kappa shape index (κ3) is 3.79. The van der Waals surface area contributed by atoms with E-state index in [0.29, 0.717) is 17.2 Å². The van der Waals surface area contributed by atoms with Crippen LogP contribution in [0.5, 0.6) is 0 Å². The van der Waals surface area contributed by atoms with Crippen molar-refractivity contribution in [3.8, 4) is 0 Å². The molecule has 1 aromatic carbocycles. The molecule has 1 N–H and O–H groups in total. The summed E-state index contributed by atoms with van der Waals surface area (Å²) in [6, 6.07) is 4.46. The van der Waals surface area contributed by atoms with E-state index in [0.717, 1.165) is 0 Å². The Kier molecular flexibility index (Phi) is 5.22. The molecule has 5 heteroatoms.